The van der Waals surface area contributed by atoms with Crippen molar-refractivity contribution in [2.75, 3.05) is 19.6 Å². The molecule has 1 aromatic heterocycles. The first kappa shape index (κ1) is 14.5. The number of aliphatic hydroxyl groups is 1. The third-order valence-corrected chi connectivity index (χ3v) is 4.23. The Morgan fingerprint density at radius 1 is 1.42 bits per heavy atom. The van der Waals surface area contributed by atoms with E-state index in [-0.39, 0.29) is 0 Å². The van der Waals surface area contributed by atoms with Gasteiger partial charge in [-0.1, -0.05) is 19.0 Å². The van der Waals surface area contributed by atoms with Crippen molar-refractivity contribution in [1.29, 1.82) is 0 Å². The fourth-order valence-corrected chi connectivity index (χ4v) is 2.77. The van der Waals surface area contributed by atoms with Gasteiger partial charge in [0.2, 0.25) is 5.89 Å². The molecule has 5 heteroatoms. The lowest BCUT2D eigenvalue weighted by Crippen LogP contribution is -2.46. The minimum absolute atomic E-state index is 0.313. The molecule has 1 fully saturated rings. The fraction of sp³-hybridized carbons (Fsp3) is 0.857. The first-order chi connectivity index (χ1) is 9.06. The summed E-state index contributed by atoms with van der Waals surface area (Å²) in [6.45, 7) is 8.64. The van der Waals surface area contributed by atoms with Crippen molar-refractivity contribution in [3.05, 3.63) is 11.7 Å². The van der Waals surface area contributed by atoms with Crippen LogP contribution in [0.25, 0.3) is 0 Å². The van der Waals surface area contributed by atoms with E-state index in [1.54, 1.807) is 0 Å². The minimum atomic E-state index is -0.563. The molecule has 1 aliphatic heterocycles. The SMILES string of the molecule is CCC(O)(CC)CN1CCCC(c2nc(C)no2)C1. The molecule has 0 radical (unpaired) electrons. The largest absolute Gasteiger partial charge is 0.389 e. The van der Waals surface area contributed by atoms with Crippen LogP contribution in [-0.2, 0) is 0 Å². The van der Waals surface area contributed by atoms with Crippen molar-refractivity contribution < 1.29 is 9.63 Å². The molecule has 0 bridgehead atoms. The van der Waals surface area contributed by atoms with E-state index in [0.29, 0.717) is 11.7 Å². The van der Waals surface area contributed by atoms with Crippen LogP contribution in [0.2, 0.25) is 0 Å². The normalized spacial score (nSPS) is 21.8. The topological polar surface area (TPSA) is 62.4 Å². The molecule has 19 heavy (non-hydrogen) atoms. The first-order valence-corrected chi connectivity index (χ1v) is 7.31. The molecule has 1 N–H and O–H groups in total. The summed E-state index contributed by atoms with van der Waals surface area (Å²) in [5.41, 5.74) is -0.563. The van der Waals surface area contributed by atoms with Crippen LogP contribution in [0.5, 0.6) is 0 Å². The van der Waals surface area contributed by atoms with E-state index in [1.807, 2.05) is 20.8 Å². The molecule has 0 saturated carbocycles. The molecule has 0 aliphatic carbocycles. The molecule has 2 rings (SSSR count). The van der Waals surface area contributed by atoms with Crippen LogP contribution >= 0.6 is 0 Å². The first-order valence-electron chi connectivity index (χ1n) is 7.31. The van der Waals surface area contributed by atoms with E-state index in [0.717, 1.165) is 51.2 Å². The van der Waals surface area contributed by atoms with Crippen LogP contribution in [0.15, 0.2) is 4.52 Å². The van der Waals surface area contributed by atoms with Crippen molar-refractivity contribution in [3.63, 3.8) is 0 Å². The molecule has 1 aliphatic rings. The van der Waals surface area contributed by atoms with E-state index in [1.165, 1.54) is 0 Å². The summed E-state index contributed by atoms with van der Waals surface area (Å²) in [5, 5.41) is 14.3. The summed E-state index contributed by atoms with van der Waals surface area (Å²) in [6.07, 6.45) is 3.80. The van der Waals surface area contributed by atoms with Crippen molar-refractivity contribution >= 4 is 0 Å². The molecular formula is C14H25N3O2. The maximum Gasteiger partial charge on any atom is 0.231 e. The van der Waals surface area contributed by atoms with Crippen molar-refractivity contribution in [2.45, 2.75) is 58.0 Å². The van der Waals surface area contributed by atoms with Gasteiger partial charge in [0, 0.05) is 13.1 Å². The molecular weight excluding hydrogens is 242 g/mol. The zero-order chi connectivity index (χ0) is 13.9. The van der Waals surface area contributed by atoms with Crippen molar-refractivity contribution in [2.24, 2.45) is 0 Å². The summed E-state index contributed by atoms with van der Waals surface area (Å²) in [7, 11) is 0. The second-order valence-corrected chi connectivity index (χ2v) is 5.69. The van der Waals surface area contributed by atoms with Gasteiger partial charge in [0.25, 0.3) is 0 Å². The van der Waals surface area contributed by atoms with Crippen LogP contribution in [0.3, 0.4) is 0 Å². The Kier molecular flexibility index (Phi) is 4.58. The quantitative estimate of drug-likeness (QED) is 0.885. The highest BCUT2D eigenvalue weighted by Crippen LogP contribution is 2.27. The molecule has 108 valence electrons. The number of nitrogens with zero attached hydrogens (tertiary/aromatic N) is 3. The van der Waals surface area contributed by atoms with Crippen LogP contribution in [-0.4, -0.2) is 45.4 Å². The Labute approximate surface area is 115 Å². The number of aromatic nitrogens is 2. The Morgan fingerprint density at radius 2 is 2.16 bits per heavy atom. The number of piperidine rings is 1. The minimum Gasteiger partial charge on any atom is -0.389 e. The second-order valence-electron chi connectivity index (χ2n) is 5.69. The zero-order valence-electron chi connectivity index (χ0n) is 12.2. The van der Waals surface area contributed by atoms with Gasteiger partial charge in [-0.15, -0.1) is 0 Å². The van der Waals surface area contributed by atoms with Crippen molar-refractivity contribution in [1.82, 2.24) is 15.0 Å². The summed E-state index contributed by atoms with van der Waals surface area (Å²) < 4.78 is 5.28. The van der Waals surface area contributed by atoms with Crippen molar-refractivity contribution in [3.8, 4) is 0 Å². The monoisotopic (exact) mass is 267 g/mol. The lowest BCUT2D eigenvalue weighted by atomic mass is 9.93. The van der Waals surface area contributed by atoms with Crippen LogP contribution < -0.4 is 0 Å². The van der Waals surface area contributed by atoms with E-state index < -0.39 is 5.60 Å². The summed E-state index contributed by atoms with van der Waals surface area (Å²) in [4.78, 5) is 6.67. The highest BCUT2D eigenvalue weighted by Gasteiger charge is 2.31. The Balaban J connectivity index is 1.97. The third kappa shape index (κ3) is 3.54. The number of rotatable bonds is 5. The molecule has 0 spiro atoms. The lowest BCUT2D eigenvalue weighted by molar-refractivity contribution is -0.0109. The maximum absolute atomic E-state index is 10.4. The summed E-state index contributed by atoms with van der Waals surface area (Å²) in [6, 6.07) is 0. The van der Waals surface area contributed by atoms with E-state index >= 15 is 0 Å². The predicted molar refractivity (Wildman–Crippen MR) is 73.0 cm³/mol. The summed E-state index contributed by atoms with van der Waals surface area (Å²) in [5.74, 6) is 1.76. The average molecular weight is 267 g/mol. The number of aryl methyl sites for hydroxylation is 1. The molecule has 1 atom stereocenters. The molecule has 1 aromatic rings. The highest BCUT2D eigenvalue weighted by atomic mass is 16.5. The van der Waals surface area contributed by atoms with Gasteiger partial charge in [-0.25, -0.2) is 0 Å². The fourth-order valence-electron chi connectivity index (χ4n) is 2.77. The van der Waals surface area contributed by atoms with Crippen LogP contribution in [0.4, 0.5) is 0 Å². The number of hydrogen-bond acceptors (Lipinski definition) is 5. The average Bonchev–Trinajstić information content (AvgIpc) is 2.86. The van der Waals surface area contributed by atoms with E-state index in [4.69, 9.17) is 4.52 Å². The van der Waals surface area contributed by atoms with Gasteiger partial charge in [0.05, 0.1) is 11.5 Å². The van der Waals surface area contributed by atoms with E-state index in [9.17, 15) is 5.11 Å². The molecule has 0 aromatic carbocycles. The molecule has 0 amide bonds. The standard InChI is InChI=1S/C14H25N3O2/c1-4-14(18,5-2)10-17-8-6-7-12(9-17)13-15-11(3)16-19-13/h12,18H,4-10H2,1-3H3. The highest BCUT2D eigenvalue weighted by molar-refractivity contribution is 4.97. The van der Waals surface area contributed by atoms with Gasteiger partial charge in [-0.3, -0.25) is 4.90 Å². The lowest BCUT2D eigenvalue weighted by Gasteiger charge is -2.37. The molecule has 1 unspecified atom stereocenters. The molecule has 5 nitrogen and oxygen atoms in total. The Bertz CT molecular complexity index is 401. The van der Waals surface area contributed by atoms with Gasteiger partial charge in [0.15, 0.2) is 5.82 Å². The zero-order valence-corrected chi connectivity index (χ0v) is 12.2. The van der Waals surface area contributed by atoms with Gasteiger partial charge in [-0.05, 0) is 39.2 Å². The number of β-amino-alcohol motifs (C(OH)–C–C–N with tert-alkyl or cyclic N) is 1. The Morgan fingerprint density at radius 3 is 2.74 bits per heavy atom. The van der Waals surface area contributed by atoms with Crippen LogP contribution in [0.1, 0.15) is 57.2 Å². The number of likely N-dealkylation sites (tertiary alicyclic amines) is 1. The maximum atomic E-state index is 10.4. The van der Waals surface area contributed by atoms with Crippen LogP contribution in [0, 0.1) is 6.92 Å². The van der Waals surface area contributed by atoms with Gasteiger partial charge in [0.1, 0.15) is 0 Å². The Hall–Kier alpha value is -0.940. The van der Waals surface area contributed by atoms with Gasteiger partial charge >= 0.3 is 0 Å². The molecule has 1 saturated heterocycles. The van der Waals surface area contributed by atoms with Gasteiger partial charge < -0.3 is 9.63 Å². The molecule has 2 heterocycles. The van der Waals surface area contributed by atoms with E-state index in [2.05, 4.69) is 15.0 Å². The third-order valence-electron chi connectivity index (χ3n) is 4.23. The second kappa shape index (κ2) is 6.01. The predicted octanol–water partition coefficient (Wildman–Crippen LogP) is 2.11. The van der Waals surface area contributed by atoms with Gasteiger partial charge in [-0.2, -0.15) is 4.98 Å². The smallest absolute Gasteiger partial charge is 0.231 e. The summed E-state index contributed by atoms with van der Waals surface area (Å²) >= 11 is 0. The number of hydrogen-bond donors (Lipinski definition) is 1.